The maximum atomic E-state index is 8.77. The minimum absolute atomic E-state index is 0.141. The summed E-state index contributed by atoms with van der Waals surface area (Å²) in [6.07, 6.45) is 1.29. The number of anilines is 1. The number of fused-ring (bicyclic) bond motifs is 1. The second-order valence-corrected chi connectivity index (χ2v) is 3.75. The molecule has 0 radical (unpaired) electrons. The molecule has 0 aromatic heterocycles. The predicted molar refractivity (Wildman–Crippen MR) is 72.0 cm³/mol. The molecule has 0 fully saturated rings. The largest absolute Gasteiger partial charge is 0.486 e. The zero-order chi connectivity index (χ0) is 14.4. The third kappa shape index (κ3) is 2.98. The topological polar surface area (TPSA) is 116 Å². The Labute approximate surface area is 115 Å². The molecule has 0 atom stereocenters. The van der Waals surface area contributed by atoms with E-state index < -0.39 is 0 Å². The molecule has 2 rings (SSSR count). The van der Waals surface area contributed by atoms with Gasteiger partial charge in [-0.15, -0.1) is 0 Å². The van der Waals surface area contributed by atoms with Gasteiger partial charge in [0.25, 0.3) is 0 Å². The molecule has 0 amide bonds. The first-order chi connectivity index (χ1) is 9.74. The molecule has 0 saturated carbocycles. The summed E-state index contributed by atoms with van der Waals surface area (Å²) in [5.41, 5.74) is 5.66. The second-order valence-electron chi connectivity index (χ2n) is 3.75. The van der Waals surface area contributed by atoms with Gasteiger partial charge < -0.3 is 20.5 Å². The lowest BCUT2D eigenvalue weighted by Gasteiger charge is -2.18. The molecule has 0 bridgehead atoms. The van der Waals surface area contributed by atoms with Crippen LogP contribution in [-0.4, -0.2) is 19.6 Å². The van der Waals surface area contributed by atoms with Crippen molar-refractivity contribution in [2.45, 2.75) is 0 Å². The number of nitrogens with zero attached hydrogens (tertiary/aromatic N) is 3. The first-order valence-corrected chi connectivity index (χ1v) is 5.73. The Morgan fingerprint density at radius 2 is 2.00 bits per heavy atom. The van der Waals surface area contributed by atoms with E-state index in [2.05, 4.69) is 10.3 Å². The Balaban J connectivity index is 2.09. The number of nitriles is 2. The third-order valence-electron chi connectivity index (χ3n) is 2.45. The first kappa shape index (κ1) is 13.2. The maximum Gasteiger partial charge on any atom is 0.175 e. The van der Waals surface area contributed by atoms with Crippen LogP contribution in [0.25, 0.3) is 0 Å². The highest BCUT2D eigenvalue weighted by molar-refractivity contribution is 5.78. The Morgan fingerprint density at radius 1 is 1.25 bits per heavy atom. The molecule has 1 aliphatic rings. The van der Waals surface area contributed by atoms with Gasteiger partial charge in [-0.05, 0) is 12.1 Å². The zero-order valence-electron chi connectivity index (χ0n) is 10.5. The highest BCUT2D eigenvalue weighted by Gasteiger charge is 2.11. The van der Waals surface area contributed by atoms with Crippen LogP contribution in [0.3, 0.4) is 0 Å². The molecule has 20 heavy (non-hydrogen) atoms. The molecular formula is C13H11N5O2. The van der Waals surface area contributed by atoms with Crippen molar-refractivity contribution in [3.63, 3.8) is 0 Å². The fourth-order valence-corrected chi connectivity index (χ4v) is 1.52. The number of rotatable bonds is 3. The number of nitrogens with one attached hydrogen (secondary N) is 1. The lowest BCUT2D eigenvalue weighted by Crippen LogP contribution is -2.15. The van der Waals surface area contributed by atoms with Gasteiger partial charge in [0.2, 0.25) is 0 Å². The second kappa shape index (κ2) is 6.12. The predicted octanol–water partition coefficient (Wildman–Crippen LogP) is 1.12. The van der Waals surface area contributed by atoms with Crippen molar-refractivity contribution < 1.29 is 9.47 Å². The highest BCUT2D eigenvalue weighted by atomic mass is 16.6. The van der Waals surface area contributed by atoms with E-state index >= 15 is 0 Å². The molecule has 7 heteroatoms. The van der Waals surface area contributed by atoms with E-state index in [1.54, 1.807) is 30.3 Å². The average molecular weight is 269 g/mol. The van der Waals surface area contributed by atoms with E-state index in [0.717, 1.165) is 0 Å². The van der Waals surface area contributed by atoms with Crippen LogP contribution in [0.1, 0.15) is 0 Å². The van der Waals surface area contributed by atoms with E-state index in [1.807, 2.05) is 0 Å². The molecule has 3 N–H and O–H groups in total. The molecule has 0 spiro atoms. The van der Waals surface area contributed by atoms with Crippen LogP contribution < -0.4 is 20.5 Å². The van der Waals surface area contributed by atoms with Crippen molar-refractivity contribution in [3.05, 3.63) is 29.6 Å². The molecule has 7 nitrogen and oxygen atoms in total. The summed E-state index contributed by atoms with van der Waals surface area (Å²) >= 11 is 0. The van der Waals surface area contributed by atoms with Crippen molar-refractivity contribution in [3.8, 4) is 23.6 Å². The fourth-order valence-electron chi connectivity index (χ4n) is 1.52. The number of nitrogens with two attached hydrogens (primary N) is 1. The van der Waals surface area contributed by atoms with Gasteiger partial charge in [-0.25, -0.2) is 4.99 Å². The standard InChI is InChI=1S/C13H11N5O2/c14-6-10(16)11(7-15)18-8-17-9-1-2-12-13(5-9)20-4-3-19-12/h1-2,5,8H,3-4,16H2,(H,17,18). The van der Waals surface area contributed by atoms with E-state index in [9.17, 15) is 0 Å². The number of benzene rings is 1. The molecule has 0 aliphatic carbocycles. The van der Waals surface area contributed by atoms with Crippen LogP contribution in [0.5, 0.6) is 11.5 Å². The van der Waals surface area contributed by atoms with Gasteiger partial charge in [0.1, 0.15) is 31.0 Å². The zero-order valence-corrected chi connectivity index (χ0v) is 10.5. The summed E-state index contributed by atoms with van der Waals surface area (Å²) in [4.78, 5) is 3.78. The molecule has 1 aliphatic heterocycles. The van der Waals surface area contributed by atoms with Crippen molar-refractivity contribution in [1.82, 2.24) is 0 Å². The van der Waals surface area contributed by atoms with Crippen LogP contribution in [0.4, 0.5) is 5.69 Å². The molecule has 0 unspecified atom stereocenters. The maximum absolute atomic E-state index is 8.77. The van der Waals surface area contributed by atoms with Gasteiger partial charge in [-0.1, -0.05) is 0 Å². The summed E-state index contributed by atoms with van der Waals surface area (Å²) in [5.74, 6) is 1.33. The number of ether oxygens (including phenoxy) is 2. The third-order valence-corrected chi connectivity index (χ3v) is 2.45. The van der Waals surface area contributed by atoms with E-state index in [0.29, 0.717) is 30.4 Å². The van der Waals surface area contributed by atoms with E-state index in [1.165, 1.54) is 6.34 Å². The Hall–Kier alpha value is -3.19. The lowest BCUT2D eigenvalue weighted by molar-refractivity contribution is 0.171. The normalized spacial score (nSPS) is 14.1. The lowest BCUT2D eigenvalue weighted by atomic mass is 10.2. The molecule has 1 heterocycles. The smallest absolute Gasteiger partial charge is 0.175 e. The van der Waals surface area contributed by atoms with Crippen LogP contribution in [0, 0.1) is 22.7 Å². The minimum Gasteiger partial charge on any atom is -0.486 e. The highest BCUT2D eigenvalue weighted by Crippen LogP contribution is 2.32. The number of allylic oxidation sites excluding steroid dienone is 2. The Kier molecular flexibility index (Phi) is 4.05. The Morgan fingerprint density at radius 3 is 2.70 bits per heavy atom. The fraction of sp³-hybridized carbons (Fsp3) is 0.154. The molecule has 0 saturated heterocycles. The van der Waals surface area contributed by atoms with Gasteiger partial charge >= 0.3 is 0 Å². The summed E-state index contributed by atoms with van der Waals surface area (Å²) in [7, 11) is 0. The first-order valence-electron chi connectivity index (χ1n) is 5.73. The van der Waals surface area contributed by atoms with Gasteiger partial charge in [-0.2, -0.15) is 10.5 Å². The monoisotopic (exact) mass is 269 g/mol. The quantitative estimate of drug-likeness (QED) is 0.482. The van der Waals surface area contributed by atoms with Crippen molar-refractivity contribution >= 4 is 12.0 Å². The SMILES string of the molecule is N#CC(N)=C(C#N)N=CNc1ccc2c(c1)OCCO2. The van der Waals surface area contributed by atoms with Gasteiger partial charge in [0.15, 0.2) is 17.2 Å². The summed E-state index contributed by atoms with van der Waals surface area (Å²) in [5, 5.41) is 20.2. The van der Waals surface area contributed by atoms with E-state index in [4.69, 9.17) is 25.7 Å². The molecule has 1 aromatic carbocycles. The summed E-state index contributed by atoms with van der Waals surface area (Å²) < 4.78 is 10.8. The van der Waals surface area contributed by atoms with Crippen molar-refractivity contribution in [1.29, 1.82) is 10.5 Å². The Bertz CT molecular complexity index is 652. The summed E-state index contributed by atoms with van der Waals surface area (Å²) in [6.45, 7) is 1.04. The number of aliphatic imine (C=N–C) groups is 1. The molecule has 1 aromatic rings. The minimum atomic E-state index is -0.229. The molecule has 100 valence electrons. The van der Waals surface area contributed by atoms with Gasteiger partial charge in [0.05, 0.1) is 6.34 Å². The number of hydrogen-bond donors (Lipinski definition) is 2. The van der Waals surface area contributed by atoms with Crippen molar-refractivity contribution in [2.75, 3.05) is 18.5 Å². The van der Waals surface area contributed by atoms with Crippen molar-refractivity contribution in [2.24, 2.45) is 10.7 Å². The molecular weight excluding hydrogens is 258 g/mol. The van der Waals surface area contributed by atoms with E-state index in [-0.39, 0.29) is 11.4 Å². The van der Waals surface area contributed by atoms with Crippen LogP contribution in [0.15, 0.2) is 34.6 Å². The number of hydrogen-bond acceptors (Lipinski definition) is 6. The average Bonchev–Trinajstić information content (AvgIpc) is 2.50. The van der Waals surface area contributed by atoms with Crippen LogP contribution in [0.2, 0.25) is 0 Å². The van der Waals surface area contributed by atoms with Crippen LogP contribution >= 0.6 is 0 Å². The van der Waals surface area contributed by atoms with Gasteiger partial charge in [-0.3, -0.25) is 0 Å². The summed E-state index contributed by atoms with van der Waals surface area (Å²) in [6, 6.07) is 8.71. The van der Waals surface area contributed by atoms with Gasteiger partial charge in [0, 0.05) is 11.8 Å². The van der Waals surface area contributed by atoms with Crippen LogP contribution in [-0.2, 0) is 0 Å².